The second-order valence-corrected chi connectivity index (χ2v) is 6.78. The van der Waals surface area contributed by atoms with E-state index in [9.17, 15) is 0 Å². The Morgan fingerprint density at radius 3 is 2.83 bits per heavy atom. The minimum absolute atomic E-state index is 0.581. The first-order chi connectivity index (χ1) is 8.90. The second-order valence-electron chi connectivity index (χ2n) is 6.78. The Bertz CT molecular complexity index is 305. The average Bonchev–Trinajstić information content (AvgIpc) is 2.94. The number of hydrogen-bond donors (Lipinski definition) is 1. The Kier molecular flexibility index (Phi) is 3.10. The van der Waals surface area contributed by atoms with Gasteiger partial charge < -0.3 is 10.1 Å². The minimum atomic E-state index is 0.581. The lowest BCUT2D eigenvalue weighted by Crippen LogP contribution is -2.48. The van der Waals surface area contributed by atoms with E-state index in [-0.39, 0.29) is 0 Å². The average molecular weight is 250 g/mol. The molecule has 0 spiro atoms. The molecule has 1 N–H and O–H groups in total. The van der Waals surface area contributed by atoms with E-state index in [4.69, 9.17) is 4.74 Å². The predicted molar refractivity (Wildman–Crippen MR) is 71.6 cm³/mol. The Morgan fingerprint density at radius 2 is 1.94 bits per heavy atom. The summed E-state index contributed by atoms with van der Waals surface area (Å²) in [6, 6.07) is 2.45. The van der Waals surface area contributed by atoms with Gasteiger partial charge >= 0.3 is 0 Å². The molecule has 2 saturated carbocycles. The number of rotatable bonds is 3. The summed E-state index contributed by atoms with van der Waals surface area (Å²) in [6.07, 6.45) is 10.2. The van der Waals surface area contributed by atoms with Crippen LogP contribution in [0.3, 0.4) is 0 Å². The number of nitrogens with zero attached hydrogens (tertiary/aromatic N) is 1. The molecule has 18 heavy (non-hydrogen) atoms. The maximum atomic E-state index is 5.87. The Balaban J connectivity index is 1.33. The van der Waals surface area contributed by atoms with Crippen LogP contribution in [0.25, 0.3) is 0 Å². The molecule has 0 amide bonds. The fourth-order valence-corrected chi connectivity index (χ4v) is 4.38. The zero-order chi connectivity index (χ0) is 11.9. The number of likely N-dealkylation sites (tertiary alicyclic amines) is 1. The highest BCUT2D eigenvalue weighted by molar-refractivity contribution is 4.96. The summed E-state index contributed by atoms with van der Waals surface area (Å²) in [6.45, 7) is 3.64. The van der Waals surface area contributed by atoms with E-state index in [1.54, 1.807) is 0 Å². The minimum Gasteiger partial charge on any atom is -0.378 e. The molecule has 4 rings (SSSR count). The quantitative estimate of drug-likeness (QED) is 0.826. The van der Waals surface area contributed by atoms with E-state index in [1.807, 2.05) is 0 Å². The molecule has 0 aromatic carbocycles. The maximum absolute atomic E-state index is 5.87. The topological polar surface area (TPSA) is 24.5 Å². The zero-order valence-corrected chi connectivity index (χ0v) is 11.3. The van der Waals surface area contributed by atoms with E-state index in [0.29, 0.717) is 6.10 Å². The molecule has 0 radical (unpaired) electrons. The van der Waals surface area contributed by atoms with Crippen molar-refractivity contribution in [3.63, 3.8) is 0 Å². The summed E-state index contributed by atoms with van der Waals surface area (Å²) in [7, 11) is 0. The molecular weight excluding hydrogens is 224 g/mol. The van der Waals surface area contributed by atoms with Crippen molar-refractivity contribution in [2.45, 2.75) is 69.2 Å². The van der Waals surface area contributed by atoms with Crippen LogP contribution in [0.15, 0.2) is 0 Å². The summed E-state index contributed by atoms with van der Waals surface area (Å²) in [5.41, 5.74) is 0. The van der Waals surface area contributed by atoms with Gasteiger partial charge in [0.15, 0.2) is 0 Å². The molecule has 4 aliphatic rings. The van der Waals surface area contributed by atoms with Crippen molar-refractivity contribution < 1.29 is 4.74 Å². The molecule has 0 aromatic rings. The fraction of sp³-hybridized carbons (Fsp3) is 1.00. The molecule has 2 aliphatic carbocycles. The van der Waals surface area contributed by atoms with Gasteiger partial charge in [-0.15, -0.1) is 0 Å². The normalized spacial score (nSPS) is 45.3. The smallest absolute Gasteiger partial charge is 0.0619 e. The molecule has 4 atom stereocenters. The van der Waals surface area contributed by atoms with Crippen LogP contribution < -0.4 is 5.32 Å². The maximum Gasteiger partial charge on any atom is 0.0619 e. The number of hydrogen-bond acceptors (Lipinski definition) is 3. The summed E-state index contributed by atoms with van der Waals surface area (Å²) < 4.78 is 5.87. The van der Waals surface area contributed by atoms with E-state index in [0.717, 1.165) is 30.7 Å². The lowest BCUT2D eigenvalue weighted by molar-refractivity contribution is 0.0512. The van der Waals surface area contributed by atoms with E-state index in [2.05, 4.69) is 10.2 Å². The summed E-state index contributed by atoms with van der Waals surface area (Å²) >= 11 is 0. The Morgan fingerprint density at radius 1 is 1.00 bits per heavy atom. The zero-order valence-electron chi connectivity index (χ0n) is 11.3. The standard InChI is InChI=1S/C15H26N2O/c1-2-14(13-7-9-18-15(13)3-1)16-11-6-8-17(10-11)12-4-5-12/h11-16H,1-10H2. The molecule has 4 unspecified atom stereocenters. The lowest BCUT2D eigenvalue weighted by atomic mass is 9.81. The molecule has 2 saturated heterocycles. The fourth-order valence-electron chi connectivity index (χ4n) is 4.38. The van der Waals surface area contributed by atoms with Crippen molar-refractivity contribution in [2.24, 2.45) is 5.92 Å². The molecule has 3 nitrogen and oxygen atoms in total. The highest BCUT2D eigenvalue weighted by Crippen LogP contribution is 2.35. The number of ether oxygens (including phenoxy) is 1. The molecule has 0 aromatic heterocycles. The van der Waals surface area contributed by atoms with Gasteiger partial charge in [-0.25, -0.2) is 0 Å². The molecule has 3 heteroatoms. The highest BCUT2D eigenvalue weighted by atomic mass is 16.5. The Hall–Kier alpha value is -0.120. The van der Waals surface area contributed by atoms with Crippen molar-refractivity contribution >= 4 is 0 Å². The van der Waals surface area contributed by atoms with Gasteiger partial charge in [0, 0.05) is 43.7 Å². The van der Waals surface area contributed by atoms with Crippen LogP contribution in [-0.2, 0) is 4.74 Å². The van der Waals surface area contributed by atoms with Crippen molar-refractivity contribution in [1.82, 2.24) is 10.2 Å². The molecule has 4 fully saturated rings. The first-order valence-corrected chi connectivity index (χ1v) is 8.02. The van der Waals surface area contributed by atoms with Crippen molar-refractivity contribution in [3.8, 4) is 0 Å². The van der Waals surface area contributed by atoms with Gasteiger partial charge in [-0.3, -0.25) is 4.90 Å². The molecule has 2 aliphatic heterocycles. The van der Waals surface area contributed by atoms with E-state index < -0.39 is 0 Å². The van der Waals surface area contributed by atoms with Gasteiger partial charge in [-0.1, -0.05) is 0 Å². The highest BCUT2D eigenvalue weighted by Gasteiger charge is 2.40. The number of fused-ring (bicyclic) bond motifs is 1. The third-order valence-corrected chi connectivity index (χ3v) is 5.51. The van der Waals surface area contributed by atoms with Crippen LogP contribution in [0.4, 0.5) is 0 Å². The SMILES string of the molecule is C1CC(NC2CCN(C3CC3)C2)C2CCOC2C1. The lowest BCUT2D eigenvalue weighted by Gasteiger charge is -2.35. The third kappa shape index (κ3) is 2.21. The van der Waals surface area contributed by atoms with Gasteiger partial charge in [-0.05, 0) is 44.9 Å². The van der Waals surface area contributed by atoms with E-state index >= 15 is 0 Å². The second kappa shape index (κ2) is 4.77. The van der Waals surface area contributed by atoms with Gasteiger partial charge in [0.05, 0.1) is 6.10 Å². The van der Waals surface area contributed by atoms with Crippen LogP contribution in [0.5, 0.6) is 0 Å². The van der Waals surface area contributed by atoms with Crippen LogP contribution in [0.1, 0.15) is 44.9 Å². The Labute approximate surface area is 110 Å². The molecular formula is C15H26N2O. The van der Waals surface area contributed by atoms with Gasteiger partial charge in [0.25, 0.3) is 0 Å². The van der Waals surface area contributed by atoms with Crippen LogP contribution in [0, 0.1) is 5.92 Å². The monoisotopic (exact) mass is 250 g/mol. The van der Waals surface area contributed by atoms with Crippen LogP contribution >= 0.6 is 0 Å². The first-order valence-electron chi connectivity index (χ1n) is 8.02. The van der Waals surface area contributed by atoms with Gasteiger partial charge in [-0.2, -0.15) is 0 Å². The number of nitrogens with one attached hydrogen (secondary N) is 1. The van der Waals surface area contributed by atoms with Gasteiger partial charge in [0.2, 0.25) is 0 Å². The predicted octanol–water partition coefficient (Wildman–Crippen LogP) is 1.77. The van der Waals surface area contributed by atoms with E-state index in [1.165, 1.54) is 58.0 Å². The molecule has 0 bridgehead atoms. The van der Waals surface area contributed by atoms with Crippen molar-refractivity contribution in [3.05, 3.63) is 0 Å². The van der Waals surface area contributed by atoms with Crippen LogP contribution in [-0.4, -0.2) is 48.8 Å². The van der Waals surface area contributed by atoms with Gasteiger partial charge in [0.1, 0.15) is 0 Å². The summed E-state index contributed by atoms with van der Waals surface area (Å²) in [5.74, 6) is 0.814. The molecule has 2 heterocycles. The summed E-state index contributed by atoms with van der Waals surface area (Å²) in [5, 5.41) is 3.98. The van der Waals surface area contributed by atoms with Crippen LogP contribution in [0.2, 0.25) is 0 Å². The van der Waals surface area contributed by atoms with Crippen molar-refractivity contribution in [1.29, 1.82) is 0 Å². The molecule has 102 valence electrons. The first kappa shape index (κ1) is 11.7. The summed E-state index contributed by atoms with van der Waals surface area (Å²) in [4.78, 5) is 2.71. The largest absolute Gasteiger partial charge is 0.378 e. The third-order valence-electron chi connectivity index (χ3n) is 5.51. The van der Waals surface area contributed by atoms with Crippen molar-refractivity contribution in [2.75, 3.05) is 19.7 Å².